The average molecular weight is 430 g/mol. The summed E-state index contributed by atoms with van der Waals surface area (Å²) in [5.41, 5.74) is 1.03. The number of hydrogen-bond donors (Lipinski definition) is 2. The number of benzene rings is 1. The van der Waals surface area contributed by atoms with Gasteiger partial charge in [-0.05, 0) is 18.6 Å². The molecule has 0 unspecified atom stereocenters. The zero-order valence-corrected chi connectivity index (χ0v) is 15.7. The number of rotatable bonds is 7. The summed E-state index contributed by atoms with van der Waals surface area (Å²) in [5.74, 6) is 1.56. The van der Waals surface area contributed by atoms with Gasteiger partial charge in [-0.15, -0.1) is 34.2 Å². The van der Waals surface area contributed by atoms with E-state index in [9.17, 15) is 0 Å². The molecule has 1 aromatic carbocycles. The lowest BCUT2D eigenvalue weighted by molar-refractivity contribution is 0.195. The van der Waals surface area contributed by atoms with Gasteiger partial charge in [-0.25, -0.2) is 0 Å². The van der Waals surface area contributed by atoms with Crippen molar-refractivity contribution < 1.29 is 4.74 Å². The first kappa shape index (κ1) is 19.4. The van der Waals surface area contributed by atoms with Crippen molar-refractivity contribution in [3.8, 4) is 5.69 Å². The van der Waals surface area contributed by atoms with E-state index >= 15 is 0 Å². The zero-order chi connectivity index (χ0) is 15.6. The van der Waals surface area contributed by atoms with E-state index in [2.05, 4.69) is 25.8 Å². The molecule has 126 valence electrons. The molecule has 0 aliphatic heterocycles. The van der Waals surface area contributed by atoms with Gasteiger partial charge in [0.15, 0.2) is 11.8 Å². The summed E-state index contributed by atoms with van der Waals surface area (Å²) in [6.45, 7) is 2.07. The van der Waals surface area contributed by atoms with Crippen molar-refractivity contribution in [1.82, 2.24) is 25.4 Å². The van der Waals surface area contributed by atoms with Crippen molar-refractivity contribution in [3.05, 3.63) is 42.5 Å². The highest BCUT2D eigenvalue weighted by molar-refractivity contribution is 14.0. The molecule has 0 bridgehead atoms. The van der Waals surface area contributed by atoms with E-state index in [1.807, 2.05) is 34.9 Å². The highest BCUT2D eigenvalue weighted by atomic mass is 127. The molecule has 0 atom stereocenters. The number of aromatic nitrogens is 3. The molecule has 2 N–H and O–H groups in total. The van der Waals surface area contributed by atoms with Crippen LogP contribution in [0.4, 0.5) is 0 Å². The Morgan fingerprint density at radius 2 is 2.04 bits per heavy atom. The van der Waals surface area contributed by atoms with Gasteiger partial charge in [0.2, 0.25) is 0 Å². The van der Waals surface area contributed by atoms with E-state index in [0.717, 1.165) is 37.0 Å². The lowest BCUT2D eigenvalue weighted by atomic mass is 10.3. The fraction of sp³-hybridized carbons (Fsp3) is 0.400. The van der Waals surface area contributed by atoms with Gasteiger partial charge in [-0.1, -0.05) is 18.2 Å². The Labute approximate surface area is 153 Å². The first-order valence-corrected chi connectivity index (χ1v) is 7.23. The number of hydrogen-bond acceptors (Lipinski definition) is 4. The van der Waals surface area contributed by atoms with E-state index in [0.29, 0.717) is 6.54 Å². The van der Waals surface area contributed by atoms with Gasteiger partial charge in [-0.2, -0.15) is 0 Å². The van der Waals surface area contributed by atoms with Crippen molar-refractivity contribution in [2.45, 2.75) is 13.0 Å². The second-order valence-corrected chi connectivity index (χ2v) is 4.65. The molecule has 1 heterocycles. The molecule has 0 spiro atoms. The molecule has 0 saturated heterocycles. The Kier molecular flexibility index (Phi) is 9.22. The molecule has 2 aromatic rings. The van der Waals surface area contributed by atoms with Gasteiger partial charge in [0.05, 0.1) is 6.54 Å². The van der Waals surface area contributed by atoms with Crippen molar-refractivity contribution in [2.24, 2.45) is 4.99 Å². The normalized spacial score (nSPS) is 11.0. The first-order valence-electron chi connectivity index (χ1n) is 7.23. The molecule has 0 radical (unpaired) electrons. The van der Waals surface area contributed by atoms with Gasteiger partial charge in [0.25, 0.3) is 0 Å². The van der Waals surface area contributed by atoms with Crippen molar-refractivity contribution in [1.29, 1.82) is 0 Å². The third-order valence-corrected chi connectivity index (χ3v) is 3.11. The second-order valence-electron chi connectivity index (χ2n) is 4.65. The molecular weight excluding hydrogens is 407 g/mol. The predicted molar refractivity (Wildman–Crippen MR) is 101 cm³/mol. The lowest BCUT2D eigenvalue weighted by Gasteiger charge is -2.12. The van der Waals surface area contributed by atoms with Crippen LogP contribution in [0.15, 0.2) is 41.7 Å². The molecule has 7 nitrogen and oxygen atoms in total. The molecule has 1 aromatic heterocycles. The Balaban J connectivity index is 0.00000264. The van der Waals surface area contributed by atoms with Crippen molar-refractivity contribution in [3.63, 3.8) is 0 Å². The Hall–Kier alpha value is -1.68. The zero-order valence-electron chi connectivity index (χ0n) is 13.4. The molecule has 0 aliphatic carbocycles. The summed E-state index contributed by atoms with van der Waals surface area (Å²) in [6, 6.07) is 10.00. The monoisotopic (exact) mass is 430 g/mol. The van der Waals surface area contributed by atoms with E-state index < -0.39 is 0 Å². The van der Waals surface area contributed by atoms with Crippen LogP contribution in [0.5, 0.6) is 0 Å². The number of para-hydroxylation sites is 1. The van der Waals surface area contributed by atoms with E-state index in [1.165, 1.54) is 0 Å². The van der Waals surface area contributed by atoms with Crippen molar-refractivity contribution >= 4 is 29.9 Å². The summed E-state index contributed by atoms with van der Waals surface area (Å²) >= 11 is 0. The predicted octanol–water partition coefficient (Wildman–Crippen LogP) is 1.59. The largest absolute Gasteiger partial charge is 0.385 e. The van der Waals surface area contributed by atoms with Gasteiger partial charge < -0.3 is 15.4 Å². The van der Waals surface area contributed by atoms with Crippen LogP contribution in [0.1, 0.15) is 12.2 Å². The third kappa shape index (κ3) is 6.14. The Morgan fingerprint density at radius 1 is 1.26 bits per heavy atom. The smallest absolute Gasteiger partial charge is 0.191 e. The number of halogens is 1. The molecular formula is C15H23IN6O. The number of nitrogens with one attached hydrogen (secondary N) is 2. The highest BCUT2D eigenvalue weighted by Crippen LogP contribution is 2.08. The van der Waals surface area contributed by atoms with E-state index in [4.69, 9.17) is 4.74 Å². The SMILES string of the molecule is CN=C(NCCCOC)NCc1nncn1-c1ccccc1.I. The topological polar surface area (TPSA) is 76.4 Å². The minimum absolute atomic E-state index is 0. The molecule has 2 rings (SSSR count). The highest BCUT2D eigenvalue weighted by Gasteiger charge is 2.06. The Bertz CT molecular complexity index is 587. The van der Waals surface area contributed by atoms with Gasteiger partial charge >= 0.3 is 0 Å². The van der Waals surface area contributed by atoms with Crippen LogP contribution in [0, 0.1) is 0 Å². The number of ether oxygens (including phenoxy) is 1. The van der Waals surface area contributed by atoms with Crippen LogP contribution in [0.3, 0.4) is 0 Å². The van der Waals surface area contributed by atoms with Crippen LogP contribution >= 0.6 is 24.0 Å². The maximum Gasteiger partial charge on any atom is 0.191 e. The summed E-state index contributed by atoms with van der Waals surface area (Å²) in [6.07, 6.45) is 2.64. The number of methoxy groups -OCH3 is 1. The maximum absolute atomic E-state index is 5.02. The fourth-order valence-corrected chi connectivity index (χ4v) is 1.99. The number of nitrogens with zero attached hydrogens (tertiary/aromatic N) is 4. The number of aliphatic imine (C=N–C) groups is 1. The Morgan fingerprint density at radius 3 is 2.74 bits per heavy atom. The quantitative estimate of drug-likeness (QED) is 0.302. The minimum atomic E-state index is 0. The van der Waals surface area contributed by atoms with Crippen LogP contribution < -0.4 is 10.6 Å². The van der Waals surface area contributed by atoms with E-state index in [1.54, 1.807) is 20.5 Å². The fourth-order valence-electron chi connectivity index (χ4n) is 1.99. The van der Waals surface area contributed by atoms with Crippen molar-refractivity contribution in [2.75, 3.05) is 27.3 Å². The lowest BCUT2D eigenvalue weighted by Crippen LogP contribution is -2.38. The second kappa shape index (κ2) is 10.9. The van der Waals surface area contributed by atoms with E-state index in [-0.39, 0.29) is 24.0 Å². The third-order valence-electron chi connectivity index (χ3n) is 3.11. The first-order chi connectivity index (χ1) is 10.8. The molecule has 23 heavy (non-hydrogen) atoms. The van der Waals surface area contributed by atoms with Crippen LogP contribution in [-0.2, 0) is 11.3 Å². The standard InChI is InChI=1S/C15H22N6O.HI/c1-16-15(17-9-6-10-22-2)18-11-14-20-19-12-21(14)13-7-4-3-5-8-13;/h3-5,7-8,12H,6,9-11H2,1-2H3,(H2,16,17,18);1H. The molecule has 8 heteroatoms. The van der Waals surface area contributed by atoms with Crippen LogP contribution in [0.2, 0.25) is 0 Å². The van der Waals surface area contributed by atoms with Crippen LogP contribution in [-0.4, -0.2) is 48.0 Å². The molecule has 0 aliphatic rings. The summed E-state index contributed by atoms with van der Waals surface area (Å²) in [7, 11) is 3.44. The average Bonchev–Trinajstić information content (AvgIpc) is 3.03. The van der Waals surface area contributed by atoms with Gasteiger partial charge in [0, 0.05) is 33.0 Å². The minimum Gasteiger partial charge on any atom is -0.385 e. The molecule has 0 fully saturated rings. The summed E-state index contributed by atoms with van der Waals surface area (Å²) < 4.78 is 6.97. The van der Waals surface area contributed by atoms with Crippen LogP contribution in [0.25, 0.3) is 5.69 Å². The maximum atomic E-state index is 5.02. The summed E-state index contributed by atoms with van der Waals surface area (Å²) in [5, 5.41) is 14.6. The van der Waals surface area contributed by atoms with Gasteiger partial charge in [-0.3, -0.25) is 9.56 Å². The molecule has 0 amide bonds. The summed E-state index contributed by atoms with van der Waals surface area (Å²) in [4.78, 5) is 4.18. The molecule has 0 saturated carbocycles. The van der Waals surface area contributed by atoms with Gasteiger partial charge in [0.1, 0.15) is 6.33 Å². The number of guanidine groups is 1.